The van der Waals surface area contributed by atoms with Crippen LogP contribution in [0.4, 0.5) is 0 Å². The fourth-order valence-electron chi connectivity index (χ4n) is 6.28. The first-order valence-electron chi connectivity index (χ1n) is 19.2. The van der Waals surface area contributed by atoms with E-state index in [1.54, 1.807) is 11.8 Å². The highest BCUT2D eigenvalue weighted by atomic mass is 32.2. The summed E-state index contributed by atoms with van der Waals surface area (Å²) < 4.78 is 0. The van der Waals surface area contributed by atoms with Crippen LogP contribution in [0.25, 0.3) is 0 Å². The van der Waals surface area contributed by atoms with Gasteiger partial charge in [0.05, 0.1) is 42.8 Å². The minimum absolute atomic E-state index is 0.0203. The predicted octanol–water partition coefficient (Wildman–Crippen LogP) is -2.36. The normalized spacial score (nSPS) is 17.5. The van der Waals surface area contributed by atoms with Crippen molar-refractivity contribution >= 4 is 79.1 Å². The molecule has 324 valence electrons. The van der Waals surface area contributed by atoms with Gasteiger partial charge >= 0.3 is 0 Å². The van der Waals surface area contributed by atoms with Gasteiger partial charge in [-0.2, -0.15) is 34.6 Å². The summed E-state index contributed by atoms with van der Waals surface area (Å²) in [4.78, 5) is 99.4. The number of aldehydes is 4. The van der Waals surface area contributed by atoms with Crippen LogP contribution in [0.2, 0.25) is 0 Å². The number of amides is 2. The maximum atomic E-state index is 14.1. The molecule has 0 bridgehead atoms. The SMILES string of the molecule is CSCC[C@H](NN([C@H](C=O)CC(C)C)N(CC=O)N[C@H](C=O)CCCN=C(N)N)C(=O)N[C@@H](CS)C(=O)C(C)N1CCC[C@H]1C(=O)N[C@H](C=O)CCCN=C(N)N. The van der Waals surface area contributed by atoms with E-state index < -0.39 is 48.2 Å². The van der Waals surface area contributed by atoms with Crippen LogP contribution in [0.1, 0.15) is 72.1 Å². The van der Waals surface area contributed by atoms with Crippen molar-refractivity contribution in [1.29, 1.82) is 0 Å². The third-order valence-electron chi connectivity index (χ3n) is 9.16. The quantitative estimate of drug-likeness (QED) is 0.00855. The number of ketones is 1. The van der Waals surface area contributed by atoms with Gasteiger partial charge in [-0.1, -0.05) is 13.8 Å². The lowest BCUT2D eigenvalue weighted by Crippen LogP contribution is -2.67. The highest BCUT2D eigenvalue weighted by Crippen LogP contribution is 2.22. The lowest BCUT2D eigenvalue weighted by atomic mass is 10.0. The molecular formula is C35H65N13O7S2. The van der Waals surface area contributed by atoms with Crippen LogP contribution >= 0.6 is 24.4 Å². The van der Waals surface area contributed by atoms with Crippen LogP contribution in [0.5, 0.6) is 0 Å². The number of Topliss-reactive ketones (excluding diaryl/α,β-unsaturated/α-hetero) is 1. The van der Waals surface area contributed by atoms with E-state index >= 15 is 0 Å². The number of hydrogen-bond donors (Lipinski definition) is 9. The van der Waals surface area contributed by atoms with E-state index in [-0.39, 0.29) is 61.2 Å². The van der Waals surface area contributed by atoms with Gasteiger partial charge in [-0.05, 0) is 82.8 Å². The van der Waals surface area contributed by atoms with E-state index in [4.69, 9.17) is 22.9 Å². The zero-order chi connectivity index (χ0) is 42.9. The molecule has 0 spiro atoms. The minimum Gasteiger partial charge on any atom is -0.370 e. The van der Waals surface area contributed by atoms with Crippen molar-refractivity contribution in [2.45, 2.75) is 114 Å². The Morgan fingerprint density at radius 3 is 2.00 bits per heavy atom. The number of rotatable bonds is 32. The molecule has 0 aromatic heterocycles. The zero-order valence-corrected chi connectivity index (χ0v) is 35.3. The molecule has 1 saturated heterocycles. The Kier molecular flexibility index (Phi) is 25.8. The number of aliphatic imine (C=N–C) groups is 2. The summed E-state index contributed by atoms with van der Waals surface area (Å²) in [7, 11) is 0. The molecule has 22 heteroatoms. The first-order valence-corrected chi connectivity index (χ1v) is 21.2. The Hall–Kier alpha value is -3.67. The average Bonchev–Trinajstić information content (AvgIpc) is 3.67. The summed E-state index contributed by atoms with van der Waals surface area (Å²) in [5.74, 6) is -0.990. The number of carbonyl (C=O) groups is 7. The summed E-state index contributed by atoms with van der Waals surface area (Å²) in [6.07, 6.45) is 7.68. The Labute approximate surface area is 345 Å². The first kappa shape index (κ1) is 51.3. The lowest BCUT2D eigenvalue weighted by Gasteiger charge is -2.41. The smallest absolute Gasteiger partial charge is 0.239 e. The highest BCUT2D eigenvalue weighted by Gasteiger charge is 2.40. The fraction of sp³-hybridized carbons (Fsp3) is 0.743. The van der Waals surface area contributed by atoms with Gasteiger partial charge in [-0.3, -0.25) is 29.3 Å². The van der Waals surface area contributed by atoms with Crippen molar-refractivity contribution in [1.82, 2.24) is 36.6 Å². The van der Waals surface area contributed by atoms with Crippen LogP contribution in [0, 0.1) is 5.92 Å². The van der Waals surface area contributed by atoms with Crippen molar-refractivity contribution in [3.05, 3.63) is 0 Å². The lowest BCUT2D eigenvalue weighted by molar-refractivity contribution is -0.167. The maximum absolute atomic E-state index is 14.1. The number of guanidine groups is 2. The first-order chi connectivity index (χ1) is 27.2. The van der Waals surface area contributed by atoms with Crippen LogP contribution in [0.3, 0.4) is 0 Å². The monoisotopic (exact) mass is 843 g/mol. The third-order valence-corrected chi connectivity index (χ3v) is 10.2. The molecule has 1 aliphatic heterocycles. The number of hydrazine groups is 3. The van der Waals surface area contributed by atoms with Gasteiger partial charge in [0.25, 0.3) is 0 Å². The number of carbonyl (C=O) groups excluding carboxylic acids is 7. The standard InChI is InChI=1S/C35H65N13O7S2/c1-23(2)18-27(21-52)48(47(15-16-49)44-26(20-51)9-6-13-41-35(38)39)45-28(11-17-57-4)32(54)43-29(22-56)31(53)24(3)46-14-7-10-30(46)33(55)42-25(19-50)8-5-12-40-34(36)37/h16,19-21,23-30,44-45,56H,5-15,17-18,22H2,1-4H3,(H,42,55)(H,43,54)(H4,36,37,40)(H4,38,39,41)/t24?,25-,26-,27-,28-,29-,30-/m0/s1. The predicted molar refractivity (Wildman–Crippen MR) is 225 cm³/mol. The molecule has 0 aliphatic carbocycles. The van der Waals surface area contributed by atoms with E-state index in [0.717, 1.165) is 0 Å². The average molecular weight is 844 g/mol. The van der Waals surface area contributed by atoms with Crippen LogP contribution in [0.15, 0.2) is 9.98 Å². The third kappa shape index (κ3) is 19.1. The molecule has 1 unspecified atom stereocenters. The van der Waals surface area contributed by atoms with Crippen LogP contribution in [-0.4, -0.2) is 156 Å². The molecule has 0 aromatic carbocycles. The summed E-state index contributed by atoms with van der Waals surface area (Å²) in [5.41, 5.74) is 27.6. The van der Waals surface area contributed by atoms with Gasteiger partial charge in [-0.15, -0.1) is 0 Å². The molecule has 1 aliphatic rings. The summed E-state index contributed by atoms with van der Waals surface area (Å²) in [6.45, 7) is 6.22. The molecule has 0 radical (unpaired) electrons. The van der Waals surface area contributed by atoms with Gasteiger partial charge in [0.2, 0.25) is 11.8 Å². The van der Waals surface area contributed by atoms with Crippen LogP contribution < -0.4 is 44.4 Å². The Morgan fingerprint density at radius 1 is 0.877 bits per heavy atom. The second kappa shape index (κ2) is 28.7. The topological polar surface area (TPSA) is 306 Å². The zero-order valence-electron chi connectivity index (χ0n) is 33.6. The molecule has 7 atom stereocenters. The summed E-state index contributed by atoms with van der Waals surface area (Å²) in [6, 6.07) is -5.99. The summed E-state index contributed by atoms with van der Waals surface area (Å²) in [5, 5.41) is 8.25. The number of nitrogens with one attached hydrogen (secondary N) is 4. The van der Waals surface area contributed by atoms with Gasteiger partial charge in [0.1, 0.15) is 31.2 Å². The van der Waals surface area contributed by atoms with Crippen molar-refractivity contribution in [2.24, 2.45) is 38.8 Å². The van der Waals surface area contributed by atoms with E-state index in [9.17, 15) is 33.6 Å². The molecule has 57 heavy (non-hydrogen) atoms. The minimum atomic E-state index is -1.06. The summed E-state index contributed by atoms with van der Waals surface area (Å²) >= 11 is 5.88. The number of nitrogens with two attached hydrogens (primary N) is 4. The molecule has 1 rings (SSSR count). The van der Waals surface area contributed by atoms with Gasteiger partial charge in [-0.25, -0.2) is 10.9 Å². The Bertz CT molecular complexity index is 1340. The number of likely N-dealkylation sites (tertiary alicyclic amines) is 1. The molecule has 0 saturated carbocycles. The van der Waals surface area contributed by atoms with E-state index in [2.05, 4.69) is 44.1 Å². The van der Waals surface area contributed by atoms with Crippen molar-refractivity contribution < 1.29 is 33.6 Å². The number of hydrogen-bond acceptors (Lipinski definition) is 16. The second-order valence-electron chi connectivity index (χ2n) is 14.1. The molecule has 1 fully saturated rings. The maximum Gasteiger partial charge on any atom is 0.239 e. The van der Waals surface area contributed by atoms with Crippen molar-refractivity contribution in [3.8, 4) is 0 Å². The van der Waals surface area contributed by atoms with E-state index in [0.29, 0.717) is 82.5 Å². The second-order valence-corrected chi connectivity index (χ2v) is 15.5. The molecule has 1 heterocycles. The molecular weight excluding hydrogens is 779 g/mol. The van der Waals surface area contributed by atoms with E-state index in [1.807, 2.05) is 20.1 Å². The number of nitrogens with zero attached hydrogens (tertiary/aromatic N) is 5. The Morgan fingerprint density at radius 2 is 1.49 bits per heavy atom. The van der Waals surface area contributed by atoms with Gasteiger partial charge in [0.15, 0.2) is 17.7 Å². The largest absolute Gasteiger partial charge is 0.370 e. The van der Waals surface area contributed by atoms with Crippen molar-refractivity contribution in [2.75, 3.05) is 43.9 Å². The number of thioether (sulfide) groups is 1. The van der Waals surface area contributed by atoms with Gasteiger partial charge in [0, 0.05) is 18.8 Å². The van der Waals surface area contributed by atoms with E-state index in [1.165, 1.54) is 22.0 Å². The molecule has 2 amide bonds. The molecule has 12 N–H and O–H groups in total. The van der Waals surface area contributed by atoms with Crippen molar-refractivity contribution in [3.63, 3.8) is 0 Å². The highest BCUT2D eigenvalue weighted by molar-refractivity contribution is 7.98. The molecule has 0 aromatic rings. The Balaban J connectivity index is 3.28. The fourth-order valence-corrected chi connectivity index (χ4v) is 7.02. The van der Waals surface area contributed by atoms with Crippen LogP contribution in [-0.2, 0) is 33.6 Å². The molecule has 20 nitrogen and oxygen atoms in total. The number of thiol groups is 1. The van der Waals surface area contributed by atoms with Gasteiger partial charge < -0.3 is 52.7 Å².